The van der Waals surface area contributed by atoms with E-state index in [1.165, 1.54) is 11.5 Å². The van der Waals surface area contributed by atoms with Gasteiger partial charge in [0.1, 0.15) is 12.7 Å². The van der Waals surface area contributed by atoms with E-state index in [0.717, 1.165) is 19.3 Å². The quantitative estimate of drug-likeness (QED) is 0.528. The topological polar surface area (TPSA) is 3.24 Å². The van der Waals surface area contributed by atoms with Gasteiger partial charge >= 0.3 is 0 Å². The van der Waals surface area contributed by atoms with E-state index in [2.05, 4.69) is 68.4 Å². The van der Waals surface area contributed by atoms with E-state index < -0.39 is 7.41 Å². The lowest BCUT2D eigenvalue weighted by molar-refractivity contribution is -0.00000379. The molecule has 18 heavy (non-hydrogen) atoms. The van der Waals surface area contributed by atoms with Crippen LogP contribution < -0.4 is 22.3 Å². The molecule has 1 rings (SSSR count). The minimum absolute atomic E-state index is 0. The van der Waals surface area contributed by atoms with Gasteiger partial charge in [-0.15, -0.1) is 0 Å². The summed E-state index contributed by atoms with van der Waals surface area (Å²) in [6.45, 7) is 13.1. The van der Waals surface area contributed by atoms with Crippen molar-refractivity contribution in [3.05, 3.63) is 43.0 Å². The highest BCUT2D eigenvalue weighted by molar-refractivity contribution is 7.80. The number of allylic oxidation sites excluding steroid dienone is 1. The summed E-state index contributed by atoms with van der Waals surface area (Å²) in [6.07, 6.45) is 4.45. The van der Waals surface area contributed by atoms with Gasteiger partial charge in [0.25, 0.3) is 0 Å². The maximum Gasteiger partial charge on any atom is 0.119 e. The van der Waals surface area contributed by atoms with Gasteiger partial charge in [0.15, 0.2) is 0 Å². The van der Waals surface area contributed by atoms with Crippen molar-refractivity contribution in [2.75, 3.05) is 25.4 Å². The average molecular weight is 330 g/mol. The van der Waals surface area contributed by atoms with Crippen LogP contribution in [0.25, 0.3) is 0 Å². The van der Waals surface area contributed by atoms with Crippen LogP contribution in [-0.2, 0) is 0 Å². The number of benzene rings is 1. The first-order valence-electron chi connectivity index (χ1n) is 6.54. The van der Waals surface area contributed by atoms with Gasteiger partial charge < -0.3 is 17.0 Å². The maximum absolute atomic E-state index is 3.97. The molecule has 0 radical (unpaired) electrons. The summed E-state index contributed by atoms with van der Waals surface area (Å²) >= 11 is 0. The van der Waals surface area contributed by atoms with Crippen molar-refractivity contribution in [3.8, 4) is 0 Å². The minimum atomic E-state index is -1.22. The van der Waals surface area contributed by atoms with Crippen LogP contribution in [0.3, 0.4) is 0 Å². The smallest absolute Gasteiger partial charge is 0.119 e. The second kappa shape index (κ2) is 8.85. The third-order valence-corrected chi connectivity index (χ3v) is 8.28. The first-order valence-corrected chi connectivity index (χ1v) is 8.65. The van der Waals surface area contributed by atoms with Crippen LogP contribution in [0.5, 0.6) is 0 Å². The van der Waals surface area contributed by atoms with E-state index >= 15 is 0 Å². The Labute approximate surface area is 123 Å². The van der Waals surface area contributed by atoms with Crippen molar-refractivity contribution in [2.45, 2.75) is 20.8 Å². The zero-order valence-electron chi connectivity index (χ0n) is 11.8. The molecular formula is C15H25BrNP. The minimum Gasteiger partial charge on any atom is -1.00 e. The zero-order valence-corrected chi connectivity index (χ0v) is 14.3. The molecular weight excluding hydrogens is 305 g/mol. The monoisotopic (exact) mass is 329 g/mol. The number of halogens is 1. The van der Waals surface area contributed by atoms with E-state index in [4.69, 9.17) is 0 Å². The molecule has 3 heteroatoms. The highest BCUT2D eigenvalue weighted by atomic mass is 79.9. The second-order valence-electron chi connectivity index (χ2n) is 4.18. The Kier molecular flexibility index (Phi) is 8.77. The first-order chi connectivity index (χ1) is 8.25. The SMILES string of the molecule is C=CC[P+](CC)(c1ccccc1)N(CC)CC.[Br-]. The molecule has 0 aliphatic rings. The number of rotatable bonds is 7. The summed E-state index contributed by atoms with van der Waals surface area (Å²) in [5.41, 5.74) is 0. The predicted octanol–water partition coefficient (Wildman–Crippen LogP) is 0.796. The Morgan fingerprint density at radius 3 is 2.06 bits per heavy atom. The zero-order chi connectivity index (χ0) is 12.7. The largest absolute Gasteiger partial charge is 1.00 e. The fourth-order valence-corrected chi connectivity index (χ4v) is 6.61. The maximum atomic E-state index is 3.97. The van der Waals surface area contributed by atoms with Crippen LogP contribution in [0.2, 0.25) is 0 Å². The molecule has 1 aromatic carbocycles. The van der Waals surface area contributed by atoms with Crippen LogP contribution in [0, 0.1) is 0 Å². The lowest BCUT2D eigenvalue weighted by atomic mass is 10.4. The standard InChI is InChI=1S/C15H25NP.BrH/c1-5-14-17(8-4,16(6-2)7-3)15-12-10-9-11-13-15;/h5,9-13H,1,6-8,14H2,2-4H3;1H/q+1;/p-1. The first kappa shape index (κ1) is 17.8. The summed E-state index contributed by atoms with van der Waals surface area (Å²) in [5, 5.41) is 1.52. The van der Waals surface area contributed by atoms with Crippen molar-refractivity contribution in [3.63, 3.8) is 0 Å². The van der Waals surface area contributed by atoms with Gasteiger partial charge in [-0.25, -0.2) is 0 Å². The molecule has 1 unspecified atom stereocenters. The third kappa shape index (κ3) is 3.66. The Morgan fingerprint density at radius 1 is 1.11 bits per heavy atom. The molecule has 102 valence electrons. The molecule has 0 fully saturated rings. The summed E-state index contributed by atoms with van der Waals surface area (Å²) in [5.74, 6) is 0. The molecule has 0 bridgehead atoms. The Balaban J connectivity index is 0.00000289. The molecule has 1 aromatic rings. The second-order valence-corrected chi connectivity index (χ2v) is 8.11. The lowest BCUT2D eigenvalue weighted by Gasteiger charge is -2.34. The average Bonchev–Trinajstić information content (AvgIpc) is 2.40. The fraction of sp³-hybridized carbons (Fsp3) is 0.467. The van der Waals surface area contributed by atoms with E-state index in [1.54, 1.807) is 0 Å². The van der Waals surface area contributed by atoms with E-state index in [1.807, 2.05) is 0 Å². The van der Waals surface area contributed by atoms with Crippen molar-refractivity contribution in [1.82, 2.24) is 4.67 Å². The molecule has 0 aliphatic heterocycles. The molecule has 0 saturated carbocycles. The summed E-state index contributed by atoms with van der Waals surface area (Å²) in [6, 6.07) is 11.0. The van der Waals surface area contributed by atoms with Crippen molar-refractivity contribution in [2.24, 2.45) is 0 Å². The number of hydrogen-bond donors (Lipinski definition) is 0. The Hall–Kier alpha value is -0.170. The van der Waals surface area contributed by atoms with Crippen LogP contribution in [0.4, 0.5) is 0 Å². The molecule has 0 saturated heterocycles. The van der Waals surface area contributed by atoms with E-state index in [0.29, 0.717) is 0 Å². The highest BCUT2D eigenvalue weighted by Gasteiger charge is 2.42. The Morgan fingerprint density at radius 2 is 1.67 bits per heavy atom. The van der Waals surface area contributed by atoms with Gasteiger partial charge in [0.2, 0.25) is 0 Å². The third-order valence-electron chi connectivity index (χ3n) is 3.46. The van der Waals surface area contributed by atoms with Crippen LogP contribution >= 0.6 is 7.41 Å². The van der Waals surface area contributed by atoms with Crippen LogP contribution in [0.1, 0.15) is 20.8 Å². The summed E-state index contributed by atoms with van der Waals surface area (Å²) in [7, 11) is -1.22. The summed E-state index contributed by atoms with van der Waals surface area (Å²) in [4.78, 5) is 0. The normalized spacial score (nSPS) is 13.8. The fourth-order valence-electron chi connectivity index (χ4n) is 2.58. The predicted molar refractivity (Wildman–Crippen MR) is 81.5 cm³/mol. The van der Waals surface area contributed by atoms with Crippen LogP contribution in [0.15, 0.2) is 43.0 Å². The van der Waals surface area contributed by atoms with Gasteiger partial charge in [-0.2, -0.15) is 4.67 Å². The molecule has 0 aliphatic carbocycles. The number of nitrogens with zero attached hydrogens (tertiary/aromatic N) is 1. The number of hydrogen-bond acceptors (Lipinski definition) is 1. The molecule has 1 atom stereocenters. The van der Waals surface area contributed by atoms with E-state index in [-0.39, 0.29) is 17.0 Å². The van der Waals surface area contributed by atoms with Gasteiger partial charge in [-0.1, -0.05) is 30.9 Å². The van der Waals surface area contributed by atoms with E-state index in [9.17, 15) is 0 Å². The molecule has 0 spiro atoms. The van der Waals surface area contributed by atoms with Crippen molar-refractivity contribution in [1.29, 1.82) is 0 Å². The highest BCUT2D eigenvalue weighted by Crippen LogP contribution is 2.60. The molecule has 0 N–H and O–H groups in total. The van der Waals surface area contributed by atoms with Gasteiger partial charge in [0.05, 0.1) is 12.3 Å². The molecule has 1 nitrogen and oxygen atoms in total. The lowest BCUT2D eigenvalue weighted by Crippen LogP contribution is -3.00. The van der Waals surface area contributed by atoms with Crippen LogP contribution in [-0.4, -0.2) is 30.1 Å². The summed E-state index contributed by atoms with van der Waals surface area (Å²) < 4.78 is 2.66. The van der Waals surface area contributed by atoms with Gasteiger partial charge in [-0.05, 0) is 32.9 Å². The molecule has 0 heterocycles. The van der Waals surface area contributed by atoms with Crippen molar-refractivity contribution < 1.29 is 17.0 Å². The van der Waals surface area contributed by atoms with Gasteiger partial charge in [0, 0.05) is 13.1 Å². The molecule has 0 aromatic heterocycles. The Bertz CT molecular complexity index is 338. The van der Waals surface area contributed by atoms with Crippen molar-refractivity contribution >= 4 is 12.7 Å². The van der Waals surface area contributed by atoms with Gasteiger partial charge in [-0.3, -0.25) is 0 Å². The molecule has 0 amide bonds.